The lowest BCUT2D eigenvalue weighted by molar-refractivity contribution is -0.120. The highest BCUT2D eigenvalue weighted by Crippen LogP contribution is 2.25. The van der Waals surface area contributed by atoms with E-state index >= 15 is 0 Å². The first-order valence-corrected chi connectivity index (χ1v) is 9.05. The van der Waals surface area contributed by atoms with Crippen LogP contribution in [0.25, 0.3) is 11.0 Å². The second-order valence-electron chi connectivity index (χ2n) is 6.19. The van der Waals surface area contributed by atoms with Gasteiger partial charge in [0.2, 0.25) is 5.91 Å². The Morgan fingerprint density at radius 3 is 2.73 bits per heavy atom. The minimum atomic E-state index is -0.125. The minimum absolute atomic E-state index is 0.00819. The summed E-state index contributed by atoms with van der Waals surface area (Å²) in [6.45, 7) is 0.387. The monoisotopic (exact) mass is 391 g/mol. The van der Waals surface area contributed by atoms with Crippen molar-refractivity contribution in [1.29, 1.82) is 0 Å². The Bertz CT molecular complexity index is 893. The highest BCUT2D eigenvalue weighted by Gasteiger charge is 2.14. The van der Waals surface area contributed by atoms with E-state index in [1.165, 1.54) is 0 Å². The number of rotatable bonds is 7. The van der Waals surface area contributed by atoms with E-state index in [-0.39, 0.29) is 24.9 Å². The summed E-state index contributed by atoms with van der Waals surface area (Å²) in [6, 6.07) is 9.19. The molecule has 3 aromatic rings. The molecule has 5 nitrogen and oxygen atoms in total. The van der Waals surface area contributed by atoms with Crippen LogP contribution in [0.15, 0.2) is 42.7 Å². The van der Waals surface area contributed by atoms with Crippen LogP contribution in [0.1, 0.15) is 11.1 Å². The zero-order chi connectivity index (χ0) is 18.5. The molecule has 0 saturated carbocycles. The molecule has 3 N–H and O–H groups in total. The van der Waals surface area contributed by atoms with Crippen LogP contribution in [0.5, 0.6) is 0 Å². The van der Waals surface area contributed by atoms with Gasteiger partial charge in [0.1, 0.15) is 5.65 Å². The summed E-state index contributed by atoms with van der Waals surface area (Å²) >= 11 is 12.1. The Kier molecular flexibility index (Phi) is 6.14. The summed E-state index contributed by atoms with van der Waals surface area (Å²) in [5.74, 6) is -0.186. The molecule has 2 aromatic heterocycles. The van der Waals surface area contributed by atoms with E-state index in [1.54, 1.807) is 18.5 Å². The minimum Gasteiger partial charge on any atom is -0.396 e. The molecule has 0 bridgehead atoms. The molecule has 26 heavy (non-hydrogen) atoms. The zero-order valence-electron chi connectivity index (χ0n) is 14.0. The molecule has 0 saturated heterocycles. The highest BCUT2D eigenvalue weighted by atomic mass is 35.5. The molecule has 136 valence electrons. The van der Waals surface area contributed by atoms with Gasteiger partial charge in [-0.3, -0.25) is 4.79 Å². The summed E-state index contributed by atoms with van der Waals surface area (Å²) in [5.41, 5.74) is 2.53. The number of aliphatic hydroxyl groups excluding tert-OH is 1. The number of carbonyl (C=O) groups excluding carboxylic acids is 1. The van der Waals surface area contributed by atoms with E-state index in [9.17, 15) is 9.90 Å². The van der Waals surface area contributed by atoms with E-state index in [4.69, 9.17) is 23.2 Å². The van der Waals surface area contributed by atoms with Crippen molar-refractivity contribution in [2.45, 2.75) is 12.8 Å². The molecule has 0 radical (unpaired) electrons. The summed E-state index contributed by atoms with van der Waals surface area (Å²) in [4.78, 5) is 19.5. The number of fused-ring (bicyclic) bond motifs is 1. The maximum atomic E-state index is 12.3. The molecule has 2 heterocycles. The Hall–Kier alpha value is -2.08. The van der Waals surface area contributed by atoms with Crippen LogP contribution in [0.4, 0.5) is 0 Å². The van der Waals surface area contributed by atoms with Gasteiger partial charge >= 0.3 is 0 Å². The van der Waals surface area contributed by atoms with Gasteiger partial charge in [-0.25, -0.2) is 4.98 Å². The number of aromatic amines is 1. The maximum absolute atomic E-state index is 12.3. The second kappa shape index (κ2) is 8.54. The molecule has 1 aromatic carbocycles. The first-order valence-electron chi connectivity index (χ1n) is 8.29. The van der Waals surface area contributed by atoms with Crippen molar-refractivity contribution in [2.75, 3.05) is 13.2 Å². The van der Waals surface area contributed by atoms with Crippen molar-refractivity contribution >= 4 is 40.1 Å². The summed E-state index contributed by atoms with van der Waals surface area (Å²) in [6.07, 6.45) is 4.23. The molecule has 0 fully saturated rings. The molecule has 0 aliphatic heterocycles. The van der Waals surface area contributed by atoms with E-state index in [0.717, 1.165) is 16.5 Å². The van der Waals surface area contributed by atoms with Crippen LogP contribution in [0.3, 0.4) is 0 Å². The Balaban J connectivity index is 1.57. The fourth-order valence-electron chi connectivity index (χ4n) is 2.87. The van der Waals surface area contributed by atoms with E-state index in [0.29, 0.717) is 28.7 Å². The molecule has 1 unspecified atom stereocenters. The number of pyridine rings is 1. The number of nitrogens with zero attached hydrogens (tertiary/aromatic N) is 1. The largest absolute Gasteiger partial charge is 0.396 e. The van der Waals surface area contributed by atoms with Gasteiger partial charge in [-0.05, 0) is 35.7 Å². The fourth-order valence-corrected chi connectivity index (χ4v) is 3.26. The quantitative estimate of drug-likeness (QED) is 0.577. The molecule has 0 aliphatic rings. The third kappa shape index (κ3) is 4.55. The van der Waals surface area contributed by atoms with Crippen LogP contribution in [-0.4, -0.2) is 34.1 Å². The molecule has 0 aliphatic carbocycles. The average molecular weight is 392 g/mol. The Morgan fingerprint density at radius 2 is 2.00 bits per heavy atom. The van der Waals surface area contributed by atoms with Crippen LogP contribution in [0.2, 0.25) is 10.0 Å². The summed E-state index contributed by atoms with van der Waals surface area (Å²) in [5, 5.41) is 14.5. The molecule has 1 amide bonds. The van der Waals surface area contributed by atoms with Crippen LogP contribution < -0.4 is 5.32 Å². The molecule has 3 rings (SSSR count). The number of benzene rings is 1. The predicted octanol–water partition coefficient (Wildman–Crippen LogP) is 3.38. The van der Waals surface area contributed by atoms with Crippen molar-refractivity contribution < 1.29 is 9.90 Å². The van der Waals surface area contributed by atoms with Gasteiger partial charge in [0.25, 0.3) is 0 Å². The SMILES string of the molecule is O=C(Cc1c[nH]c2nccc(Cl)c12)NCC(CO)Cc1ccc(Cl)cc1. The molecular formula is C19H19Cl2N3O2. The van der Waals surface area contributed by atoms with Gasteiger partial charge in [0.15, 0.2) is 0 Å². The van der Waals surface area contributed by atoms with Crippen LogP contribution in [0, 0.1) is 5.92 Å². The number of H-pyrrole nitrogens is 1. The number of nitrogens with one attached hydrogen (secondary N) is 2. The second-order valence-corrected chi connectivity index (χ2v) is 7.03. The highest BCUT2D eigenvalue weighted by molar-refractivity contribution is 6.35. The number of carbonyl (C=O) groups is 1. The van der Waals surface area contributed by atoms with Gasteiger partial charge in [-0.2, -0.15) is 0 Å². The third-order valence-corrected chi connectivity index (χ3v) is 4.81. The Morgan fingerprint density at radius 1 is 1.23 bits per heavy atom. The van der Waals surface area contributed by atoms with Gasteiger partial charge in [-0.1, -0.05) is 35.3 Å². The van der Waals surface area contributed by atoms with E-state index in [1.807, 2.05) is 24.3 Å². The zero-order valence-corrected chi connectivity index (χ0v) is 15.5. The molecule has 1 atom stereocenters. The van der Waals surface area contributed by atoms with Gasteiger partial charge in [0.05, 0.1) is 11.4 Å². The third-order valence-electron chi connectivity index (χ3n) is 4.24. The topological polar surface area (TPSA) is 78.0 Å². The smallest absolute Gasteiger partial charge is 0.224 e. The number of hydrogen-bond acceptors (Lipinski definition) is 3. The predicted molar refractivity (Wildman–Crippen MR) is 104 cm³/mol. The first-order chi connectivity index (χ1) is 12.6. The number of aliphatic hydroxyl groups is 1. The van der Waals surface area contributed by atoms with E-state index in [2.05, 4.69) is 15.3 Å². The van der Waals surface area contributed by atoms with Crippen molar-refractivity contribution in [3.63, 3.8) is 0 Å². The first kappa shape index (κ1) is 18.7. The van der Waals surface area contributed by atoms with Crippen molar-refractivity contribution in [2.24, 2.45) is 5.92 Å². The number of amides is 1. The van der Waals surface area contributed by atoms with E-state index < -0.39 is 0 Å². The van der Waals surface area contributed by atoms with Crippen molar-refractivity contribution in [3.8, 4) is 0 Å². The maximum Gasteiger partial charge on any atom is 0.224 e. The lowest BCUT2D eigenvalue weighted by atomic mass is 10.00. The standard InChI is InChI=1S/C19H19Cl2N3O2/c20-15-3-1-12(2-4-15)7-13(11-25)9-23-17(26)8-14-10-24-19-18(14)16(21)5-6-22-19/h1-6,10,13,25H,7-9,11H2,(H,22,24)(H,23,26). The fraction of sp³-hybridized carbons (Fsp3) is 0.263. The lowest BCUT2D eigenvalue weighted by Gasteiger charge is -2.15. The number of aromatic nitrogens is 2. The lowest BCUT2D eigenvalue weighted by Crippen LogP contribution is -2.32. The number of halogens is 2. The van der Waals surface area contributed by atoms with Crippen molar-refractivity contribution in [1.82, 2.24) is 15.3 Å². The van der Waals surface area contributed by atoms with Gasteiger partial charge in [0, 0.05) is 41.9 Å². The summed E-state index contributed by atoms with van der Waals surface area (Å²) in [7, 11) is 0. The Labute approximate surface area is 161 Å². The average Bonchev–Trinajstić information content (AvgIpc) is 3.04. The normalized spacial score (nSPS) is 12.3. The van der Waals surface area contributed by atoms with Gasteiger partial charge < -0.3 is 15.4 Å². The molecule has 7 heteroatoms. The van der Waals surface area contributed by atoms with Crippen LogP contribution in [-0.2, 0) is 17.6 Å². The molecule has 0 spiro atoms. The van der Waals surface area contributed by atoms with Crippen LogP contribution >= 0.6 is 23.2 Å². The summed E-state index contributed by atoms with van der Waals surface area (Å²) < 4.78 is 0. The van der Waals surface area contributed by atoms with Crippen molar-refractivity contribution in [3.05, 3.63) is 63.9 Å². The number of hydrogen-bond donors (Lipinski definition) is 3. The van der Waals surface area contributed by atoms with Gasteiger partial charge in [-0.15, -0.1) is 0 Å². The molecular weight excluding hydrogens is 373 g/mol.